The molecule has 2 atom stereocenters. The lowest BCUT2D eigenvalue weighted by molar-refractivity contribution is -0.160. The highest BCUT2D eigenvalue weighted by Crippen LogP contribution is 2.29. The van der Waals surface area contributed by atoms with Crippen molar-refractivity contribution in [1.82, 2.24) is 0 Å². The van der Waals surface area contributed by atoms with Crippen LogP contribution in [-0.4, -0.2) is 35.7 Å². The van der Waals surface area contributed by atoms with Crippen molar-refractivity contribution in [2.24, 2.45) is 5.92 Å². The summed E-state index contributed by atoms with van der Waals surface area (Å²) >= 11 is 0. The van der Waals surface area contributed by atoms with E-state index in [1.165, 1.54) is 20.8 Å². The number of ether oxygens (including phenoxy) is 2. The molecule has 106 valence electrons. The van der Waals surface area contributed by atoms with Crippen LogP contribution in [-0.2, 0) is 28.7 Å². The van der Waals surface area contributed by atoms with Crippen molar-refractivity contribution >= 4 is 23.5 Å². The average molecular weight is 270 g/mol. The summed E-state index contributed by atoms with van der Waals surface area (Å²) in [6.45, 7) is 3.76. The van der Waals surface area contributed by atoms with E-state index in [1.54, 1.807) is 0 Å². The predicted octanol–water partition coefficient (Wildman–Crippen LogP) is 0.808. The maximum Gasteiger partial charge on any atom is 0.302 e. The van der Waals surface area contributed by atoms with Crippen molar-refractivity contribution in [3.05, 3.63) is 0 Å². The summed E-state index contributed by atoms with van der Waals surface area (Å²) < 4.78 is 10.1. The van der Waals surface area contributed by atoms with Gasteiger partial charge in [-0.25, -0.2) is 0 Å². The molecule has 0 radical (unpaired) electrons. The fourth-order valence-electron chi connectivity index (χ4n) is 2.38. The van der Waals surface area contributed by atoms with E-state index in [-0.39, 0.29) is 0 Å². The lowest BCUT2D eigenvalue weighted by atomic mass is 9.81. The molecule has 0 aliphatic heterocycles. The van der Waals surface area contributed by atoms with E-state index in [0.717, 1.165) is 0 Å². The Kier molecular flexibility index (Phi) is 5.20. The third-order valence-corrected chi connectivity index (χ3v) is 3.00. The SMILES string of the molecule is CC(=O)OC1CC(OC(C)=O)CC(C(=O)C(C)=O)C1. The molecule has 1 aliphatic rings. The molecule has 6 heteroatoms. The Hall–Kier alpha value is -1.72. The maximum absolute atomic E-state index is 11.7. The van der Waals surface area contributed by atoms with E-state index in [2.05, 4.69) is 0 Å². The summed E-state index contributed by atoms with van der Waals surface area (Å²) in [6.07, 6.45) is -0.0281. The van der Waals surface area contributed by atoms with Gasteiger partial charge in [-0.1, -0.05) is 0 Å². The third kappa shape index (κ3) is 4.81. The topological polar surface area (TPSA) is 86.7 Å². The molecule has 0 saturated heterocycles. The number of hydrogen-bond donors (Lipinski definition) is 0. The minimum Gasteiger partial charge on any atom is -0.462 e. The monoisotopic (exact) mass is 270 g/mol. The molecular weight excluding hydrogens is 252 g/mol. The Labute approximate surface area is 111 Å². The maximum atomic E-state index is 11.7. The van der Waals surface area contributed by atoms with Crippen LogP contribution in [0.2, 0.25) is 0 Å². The summed E-state index contributed by atoms with van der Waals surface area (Å²) in [5, 5.41) is 0. The number of esters is 2. The van der Waals surface area contributed by atoms with Gasteiger partial charge in [0.05, 0.1) is 0 Å². The number of carbonyl (C=O) groups is 4. The summed E-state index contributed by atoms with van der Waals surface area (Å²) in [4.78, 5) is 44.8. The first kappa shape index (κ1) is 15.3. The van der Waals surface area contributed by atoms with Gasteiger partial charge in [-0.3, -0.25) is 19.2 Å². The van der Waals surface area contributed by atoms with Gasteiger partial charge in [-0.2, -0.15) is 0 Å². The van der Waals surface area contributed by atoms with Crippen LogP contribution in [0.15, 0.2) is 0 Å². The van der Waals surface area contributed by atoms with Gasteiger partial charge < -0.3 is 9.47 Å². The van der Waals surface area contributed by atoms with E-state index in [4.69, 9.17) is 9.47 Å². The normalized spacial score (nSPS) is 26.4. The highest BCUT2D eigenvalue weighted by Gasteiger charge is 2.37. The van der Waals surface area contributed by atoms with Gasteiger partial charge in [0.2, 0.25) is 5.78 Å². The lowest BCUT2D eigenvalue weighted by Crippen LogP contribution is -2.39. The fraction of sp³-hybridized carbons (Fsp3) is 0.692. The predicted molar refractivity (Wildman–Crippen MR) is 64.1 cm³/mol. The minimum absolute atomic E-state index is 0.301. The van der Waals surface area contributed by atoms with Crippen molar-refractivity contribution in [1.29, 1.82) is 0 Å². The summed E-state index contributed by atoms with van der Waals surface area (Å²) in [7, 11) is 0. The van der Waals surface area contributed by atoms with Crippen LogP contribution in [0, 0.1) is 5.92 Å². The molecule has 19 heavy (non-hydrogen) atoms. The Morgan fingerprint density at radius 2 is 1.21 bits per heavy atom. The minimum atomic E-state index is -0.556. The molecule has 2 unspecified atom stereocenters. The van der Waals surface area contributed by atoms with Crippen molar-refractivity contribution in [2.75, 3.05) is 0 Å². The summed E-state index contributed by atoms with van der Waals surface area (Å²) in [5.74, 6) is -2.51. The lowest BCUT2D eigenvalue weighted by Gasteiger charge is -2.32. The zero-order valence-corrected chi connectivity index (χ0v) is 11.3. The van der Waals surface area contributed by atoms with Crippen LogP contribution in [0.1, 0.15) is 40.0 Å². The van der Waals surface area contributed by atoms with Crippen LogP contribution in [0.4, 0.5) is 0 Å². The van der Waals surface area contributed by atoms with Gasteiger partial charge in [0.15, 0.2) is 5.78 Å². The molecule has 1 rings (SSSR count). The van der Waals surface area contributed by atoms with Gasteiger partial charge >= 0.3 is 11.9 Å². The van der Waals surface area contributed by atoms with E-state index >= 15 is 0 Å². The summed E-state index contributed by atoms with van der Waals surface area (Å²) in [5.41, 5.74) is 0. The number of carbonyl (C=O) groups excluding carboxylic acids is 4. The molecule has 0 aromatic heterocycles. The Morgan fingerprint density at radius 1 is 0.789 bits per heavy atom. The van der Waals surface area contributed by atoms with Gasteiger partial charge in [-0.15, -0.1) is 0 Å². The highest BCUT2D eigenvalue weighted by atomic mass is 16.6. The third-order valence-electron chi connectivity index (χ3n) is 3.00. The highest BCUT2D eigenvalue weighted by molar-refractivity contribution is 6.37. The van der Waals surface area contributed by atoms with Crippen molar-refractivity contribution in [3.8, 4) is 0 Å². The molecule has 1 saturated carbocycles. The molecule has 1 aliphatic carbocycles. The quantitative estimate of drug-likeness (QED) is 0.555. The molecule has 0 aromatic carbocycles. The molecule has 0 N–H and O–H groups in total. The molecule has 6 nitrogen and oxygen atoms in total. The number of ketones is 2. The van der Waals surface area contributed by atoms with Crippen molar-refractivity contribution < 1.29 is 28.7 Å². The zero-order chi connectivity index (χ0) is 14.6. The van der Waals surface area contributed by atoms with Crippen LogP contribution >= 0.6 is 0 Å². The zero-order valence-electron chi connectivity index (χ0n) is 11.3. The molecule has 1 fully saturated rings. The van der Waals surface area contributed by atoms with E-state index in [1.807, 2.05) is 0 Å². The average Bonchev–Trinajstić information content (AvgIpc) is 2.25. The summed E-state index contributed by atoms with van der Waals surface area (Å²) in [6, 6.07) is 0. The fourth-order valence-corrected chi connectivity index (χ4v) is 2.38. The first-order chi connectivity index (χ1) is 8.79. The van der Waals surface area contributed by atoms with Crippen molar-refractivity contribution in [2.45, 2.75) is 52.2 Å². The van der Waals surface area contributed by atoms with Crippen LogP contribution in [0.5, 0.6) is 0 Å². The second-order valence-electron chi connectivity index (χ2n) is 4.79. The number of rotatable bonds is 4. The van der Waals surface area contributed by atoms with Gasteiger partial charge in [0.25, 0.3) is 0 Å². The van der Waals surface area contributed by atoms with E-state index in [9.17, 15) is 19.2 Å². The largest absolute Gasteiger partial charge is 0.462 e. The van der Waals surface area contributed by atoms with Crippen LogP contribution < -0.4 is 0 Å². The molecule has 0 bridgehead atoms. The van der Waals surface area contributed by atoms with Crippen molar-refractivity contribution in [3.63, 3.8) is 0 Å². The number of hydrogen-bond acceptors (Lipinski definition) is 6. The van der Waals surface area contributed by atoms with E-state index < -0.39 is 41.6 Å². The smallest absolute Gasteiger partial charge is 0.302 e. The second kappa shape index (κ2) is 6.45. The second-order valence-corrected chi connectivity index (χ2v) is 4.79. The van der Waals surface area contributed by atoms with E-state index in [0.29, 0.717) is 19.3 Å². The number of Topliss-reactive ketones (excluding diaryl/α,β-unsaturated/α-hetero) is 2. The standard InChI is InChI=1S/C13H18O6/c1-7(14)13(17)10-4-11(18-8(2)15)6-12(5-10)19-9(3)16/h10-12H,4-6H2,1-3H3. The molecule has 0 amide bonds. The Morgan fingerprint density at radius 3 is 1.53 bits per heavy atom. The van der Waals surface area contributed by atoms with Gasteiger partial charge in [0.1, 0.15) is 12.2 Å². The Balaban J connectivity index is 2.76. The van der Waals surface area contributed by atoms with Gasteiger partial charge in [-0.05, 0) is 12.8 Å². The Bertz CT molecular complexity index is 376. The molecule has 0 aromatic rings. The van der Waals surface area contributed by atoms with Gasteiger partial charge in [0, 0.05) is 33.1 Å². The first-order valence-corrected chi connectivity index (χ1v) is 6.18. The van der Waals surface area contributed by atoms with Crippen LogP contribution in [0.25, 0.3) is 0 Å². The molecule has 0 heterocycles. The molecule has 0 spiro atoms. The first-order valence-electron chi connectivity index (χ1n) is 6.18. The van der Waals surface area contributed by atoms with Crippen LogP contribution in [0.3, 0.4) is 0 Å². The molecular formula is C13H18O6.